The molecule has 0 amide bonds. The molecule has 0 unspecified atom stereocenters. The molecule has 1 aromatic heterocycles. The maximum atomic E-state index is 11.3. The molecule has 0 atom stereocenters. The summed E-state index contributed by atoms with van der Waals surface area (Å²) >= 11 is 7.97. The number of carboxylic acids is 1. The number of aromatic nitrogens is 1. The summed E-state index contributed by atoms with van der Waals surface area (Å²) in [4.78, 5) is 15.9. The molecule has 0 aliphatic carbocycles. The first-order valence-electron chi connectivity index (χ1n) is 5.54. The molecule has 1 N–H and O–H groups in total. The molecule has 0 bridgehead atoms. The number of pyridine rings is 1. The predicted octanol–water partition coefficient (Wildman–Crippen LogP) is 3.35. The van der Waals surface area contributed by atoms with Gasteiger partial charge in [-0.25, -0.2) is 4.79 Å². The fourth-order valence-corrected chi connectivity index (χ4v) is 3.38. The average Bonchev–Trinajstić information content (AvgIpc) is 2.27. The number of fused-ring (bicyclic) bond motifs is 1. The van der Waals surface area contributed by atoms with Crippen molar-refractivity contribution in [1.82, 2.24) is 4.98 Å². The fraction of sp³-hybridized carbons (Fsp3) is 0.500. The van der Waals surface area contributed by atoms with E-state index < -0.39 is 5.97 Å². The molecule has 5 heteroatoms. The van der Waals surface area contributed by atoms with Crippen LogP contribution in [0.1, 0.15) is 47.1 Å². The highest BCUT2D eigenvalue weighted by molar-refractivity contribution is 7.98. The molecule has 2 rings (SSSR count). The van der Waals surface area contributed by atoms with Crippen molar-refractivity contribution >= 4 is 29.3 Å². The van der Waals surface area contributed by atoms with Gasteiger partial charge in [0.25, 0.3) is 0 Å². The van der Waals surface area contributed by atoms with Crippen molar-refractivity contribution in [1.29, 1.82) is 0 Å². The second-order valence-corrected chi connectivity index (χ2v) is 5.86. The minimum Gasteiger partial charge on any atom is -0.478 e. The van der Waals surface area contributed by atoms with Crippen molar-refractivity contribution < 1.29 is 9.90 Å². The Morgan fingerprint density at radius 1 is 1.53 bits per heavy atom. The summed E-state index contributed by atoms with van der Waals surface area (Å²) in [6.45, 7) is 3.95. The molecule has 0 saturated carbocycles. The highest BCUT2D eigenvalue weighted by Crippen LogP contribution is 2.34. The molecular formula is C12H14ClNO2S. The summed E-state index contributed by atoms with van der Waals surface area (Å²) in [6, 6.07) is 0. The monoisotopic (exact) mass is 271 g/mol. The van der Waals surface area contributed by atoms with Crippen LogP contribution in [-0.2, 0) is 12.2 Å². The van der Waals surface area contributed by atoms with E-state index in [1.165, 1.54) is 0 Å². The van der Waals surface area contributed by atoms with Gasteiger partial charge in [0, 0.05) is 5.75 Å². The largest absolute Gasteiger partial charge is 0.478 e. The van der Waals surface area contributed by atoms with E-state index in [4.69, 9.17) is 11.6 Å². The van der Waals surface area contributed by atoms with E-state index in [9.17, 15) is 9.90 Å². The van der Waals surface area contributed by atoms with Gasteiger partial charge in [0.2, 0.25) is 0 Å². The Labute approximate surface area is 110 Å². The maximum Gasteiger partial charge on any atom is 0.337 e. The lowest BCUT2D eigenvalue weighted by Gasteiger charge is -2.20. The quantitative estimate of drug-likeness (QED) is 0.896. The number of hydrogen-bond acceptors (Lipinski definition) is 3. The van der Waals surface area contributed by atoms with E-state index in [2.05, 4.69) is 4.98 Å². The second kappa shape index (κ2) is 4.86. The zero-order valence-corrected chi connectivity index (χ0v) is 11.4. The van der Waals surface area contributed by atoms with Gasteiger partial charge >= 0.3 is 5.97 Å². The van der Waals surface area contributed by atoms with Gasteiger partial charge in [0.05, 0.1) is 22.0 Å². The van der Waals surface area contributed by atoms with Gasteiger partial charge in [-0.3, -0.25) is 4.98 Å². The summed E-state index contributed by atoms with van der Waals surface area (Å²) in [5, 5.41) is 9.63. The van der Waals surface area contributed by atoms with Crippen molar-refractivity contribution in [3.05, 3.63) is 27.5 Å². The number of carbonyl (C=O) groups is 1. The Morgan fingerprint density at radius 3 is 2.82 bits per heavy atom. The van der Waals surface area contributed by atoms with Crippen LogP contribution < -0.4 is 0 Å². The predicted molar refractivity (Wildman–Crippen MR) is 70.2 cm³/mol. The summed E-state index contributed by atoms with van der Waals surface area (Å²) in [5.41, 5.74) is 2.68. The third-order valence-electron chi connectivity index (χ3n) is 2.85. The number of aromatic carboxylic acids is 1. The lowest BCUT2D eigenvalue weighted by atomic mass is 9.99. The molecule has 92 valence electrons. The maximum absolute atomic E-state index is 11.3. The van der Waals surface area contributed by atoms with E-state index in [1.807, 2.05) is 13.8 Å². The van der Waals surface area contributed by atoms with Crippen LogP contribution >= 0.6 is 23.4 Å². The Balaban J connectivity index is 2.69. The van der Waals surface area contributed by atoms with Crippen LogP contribution in [0.2, 0.25) is 5.02 Å². The minimum absolute atomic E-state index is 0.137. The van der Waals surface area contributed by atoms with E-state index >= 15 is 0 Å². The molecule has 1 aliphatic heterocycles. The van der Waals surface area contributed by atoms with Crippen LogP contribution in [0.25, 0.3) is 0 Å². The minimum atomic E-state index is -0.942. The van der Waals surface area contributed by atoms with Crippen molar-refractivity contribution in [2.45, 2.75) is 31.9 Å². The zero-order chi connectivity index (χ0) is 12.6. The summed E-state index contributed by atoms with van der Waals surface area (Å²) < 4.78 is 0. The smallest absolute Gasteiger partial charge is 0.337 e. The number of nitrogens with zero attached hydrogens (tertiary/aromatic N) is 1. The Bertz CT molecular complexity index is 474. The third-order valence-corrected chi connectivity index (χ3v) is 4.20. The Hall–Kier alpha value is -0.740. The highest BCUT2D eigenvalue weighted by atomic mass is 35.5. The average molecular weight is 272 g/mol. The van der Waals surface area contributed by atoms with Gasteiger partial charge in [-0.1, -0.05) is 25.4 Å². The molecule has 2 heterocycles. The van der Waals surface area contributed by atoms with Gasteiger partial charge in [-0.15, -0.1) is 0 Å². The van der Waals surface area contributed by atoms with Gasteiger partial charge in [0.15, 0.2) is 0 Å². The van der Waals surface area contributed by atoms with Crippen molar-refractivity contribution in [3.8, 4) is 0 Å². The summed E-state index contributed by atoms with van der Waals surface area (Å²) in [6.07, 6.45) is 0.743. The van der Waals surface area contributed by atoms with E-state index in [1.54, 1.807) is 11.8 Å². The number of carboxylic acid groups (broad SMARTS) is 1. The van der Waals surface area contributed by atoms with Gasteiger partial charge in [0.1, 0.15) is 0 Å². The van der Waals surface area contributed by atoms with Crippen LogP contribution in [0.5, 0.6) is 0 Å². The second-order valence-electron chi connectivity index (χ2n) is 4.37. The van der Waals surface area contributed by atoms with E-state index in [0.717, 1.165) is 29.2 Å². The van der Waals surface area contributed by atoms with Crippen LogP contribution in [-0.4, -0.2) is 21.8 Å². The molecule has 17 heavy (non-hydrogen) atoms. The van der Waals surface area contributed by atoms with E-state index in [0.29, 0.717) is 10.7 Å². The topological polar surface area (TPSA) is 50.2 Å². The molecule has 1 aromatic rings. The molecular weight excluding hydrogens is 258 g/mol. The fourth-order valence-electron chi connectivity index (χ4n) is 2.00. The van der Waals surface area contributed by atoms with Crippen LogP contribution in [0, 0.1) is 0 Å². The molecule has 0 radical (unpaired) electrons. The van der Waals surface area contributed by atoms with Gasteiger partial charge in [-0.05, 0) is 23.7 Å². The van der Waals surface area contributed by atoms with Crippen molar-refractivity contribution in [2.24, 2.45) is 0 Å². The summed E-state index contributed by atoms with van der Waals surface area (Å²) in [7, 11) is 0. The number of halogens is 1. The van der Waals surface area contributed by atoms with Crippen LogP contribution in [0.4, 0.5) is 0 Å². The SMILES string of the molecule is CC(C)c1nc2c(c(C(=O)O)c1Cl)CCSC2. The van der Waals surface area contributed by atoms with Crippen LogP contribution in [0.3, 0.4) is 0 Å². The first-order chi connectivity index (χ1) is 8.02. The molecule has 0 aromatic carbocycles. The first-order valence-corrected chi connectivity index (χ1v) is 7.07. The molecule has 0 fully saturated rings. The highest BCUT2D eigenvalue weighted by Gasteiger charge is 2.25. The van der Waals surface area contributed by atoms with Crippen molar-refractivity contribution in [2.75, 3.05) is 5.75 Å². The van der Waals surface area contributed by atoms with Gasteiger partial charge < -0.3 is 5.11 Å². The van der Waals surface area contributed by atoms with Crippen molar-refractivity contribution in [3.63, 3.8) is 0 Å². The van der Waals surface area contributed by atoms with Gasteiger partial charge in [-0.2, -0.15) is 11.8 Å². The Kier molecular flexibility index (Phi) is 3.64. The third kappa shape index (κ3) is 2.29. The lowest BCUT2D eigenvalue weighted by Crippen LogP contribution is -2.16. The molecule has 3 nitrogen and oxygen atoms in total. The Morgan fingerprint density at radius 2 is 2.24 bits per heavy atom. The van der Waals surface area contributed by atoms with Crippen LogP contribution in [0.15, 0.2) is 0 Å². The zero-order valence-electron chi connectivity index (χ0n) is 9.79. The normalized spacial score (nSPS) is 14.8. The number of rotatable bonds is 2. The first kappa shape index (κ1) is 12.7. The standard InChI is InChI=1S/C12H14ClNO2S/c1-6(2)11-10(13)9(12(15)16)7-3-4-17-5-8(7)14-11/h6H,3-5H2,1-2H3,(H,15,16). The lowest BCUT2D eigenvalue weighted by molar-refractivity contribution is 0.0695. The summed E-state index contributed by atoms with van der Waals surface area (Å²) in [5.74, 6) is 0.916. The van der Waals surface area contributed by atoms with E-state index in [-0.39, 0.29) is 11.5 Å². The number of hydrogen-bond donors (Lipinski definition) is 1. The molecule has 0 spiro atoms. The molecule has 0 saturated heterocycles. The number of thioether (sulfide) groups is 1. The molecule has 1 aliphatic rings.